The van der Waals surface area contributed by atoms with Crippen LogP contribution in [-0.4, -0.2) is 0 Å². The van der Waals surface area contributed by atoms with Gasteiger partial charge in [0.2, 0.25) is 0 Å². The first kappa shape index (κ1) is 21.1. The highest BCUT2D eigenvalue weighted by molar-refractivity contribution is 5.89. The Labute approximate surface area is 266 Å². The van der Waals surface area contributed by atoms with Crippen LogP contribution in [0.4, 0.5) is 17.1 Å². The van der Waals surface area contributed by atoms with Crippen LogP contribution >= 0.6 is 0 Å². The number of hydrogen-bond acceptors (Lipinski definition) is 1. The lowest BCUT2D eigenvalue weighted by atomic mass is 9.67. The SMILES string of the molecule is [2H]c1c([2H])c([2H])c(-c2ccc(N(c3ccccc3)c3ccc4c(c3)C(c3ccccc3)(c3ccccc3)c3ccccc3-4)cc2)c([2H])c1[2H]. The number of para-hydroxylation sites is 1. The maximum absolute atomic E-state index is 8.50. The lowest BCUT2D eigenvalue weighted by Crippen LogP contribution is -2.28. The zero-order chi connectivity index (χ0) is 33.7. The Morgan fingerprint density at radius 2 is 0.932 bits per heavy atom. The molecule has 7 aromatic carbocycles. The predicted molar refractivity (Wildman–Crippen MR) is 184 cm³/mol. The molecule has 0 fully saturated rings. The van der Waals surface area contributed by atoms with Gasteiger partial charge in [-0.25, -0.2) is 0 Å². The Kier molecular flexibility index (Phi) is 5.21. The summed E-state index contributed by atoms with van der Waals surface area (Å²) >= 11 is 0. The van der Waals surface area contributed by atoms with E-state index in [2.05, 4.69) is 120 Å². The Morgan fingerprint density at radius 3 is 1.59 bits per heavy atom. The van der Waals surface area contributed by atoms with Gasteiger partial charge in [-0.3, -0.25) is 0 Å². The van der Waals surface area contributed by atoms with Gasteiger partial charge in [-0.15, -0.1) is 0 Å². The van der Waals surface area contributed by atoms with Crippen LogP contribution in [0.15, 0.2) is 188 Å². The molecular weight excluding hydrogens is 530 g/mol. The molecule has 7 aromatic rings. The van der Waals surface area contributed by atoms with Gasteiger partial charge in [-0.1, -0.05) is 152 Å². The van der Waals surface area contributed by atoms with Gasteiger partial charge in [0.25, 0.3) is 0 Å². The van der Waals surface area contributed by atoms with Crippen LogP contribution in [0.25, 0.3) is 22.3 Å². The van der Waals surface area contributed by atoms with Crippen molar-refractivity contribution >= 4 is 17.1 Å². The van der Waals surface area contributed by atoms with Crippen LogP contribution in [0.1, 0.15) is 29.1 Å². The molecule has 0 aliphatic heterocycles. The molecule has 0 bridgehead atoms. The first-order valence-corrected chi connectivity index (χ1v) is 14.8. The monoisotopic (exact) mass is 566 g/mol. The lowest BCUT2D eigenvalue weighted by Gasteiger charge is -2.35. The fourth-order valence-corrected chi connectivity index (χ4v) is 6.77. The van der Waals surface area contributed by atoms with Crippen molar-refractivity contribution in [1.29, 1.82) is 0 Å². The molecule has 0 spiro atoms. The molecule has 0 unspecified atom stereocenters. The van der Waals surface area contributed by atoms with Crippen LogP contribution < -0.4 is 4.90 Å². The molecule has 44 heavy (non-hydrogen) atoms. The van der Waals surface area contributed by atoms with E-state index >= 15 is 0 Å². The quantitative estimate of drug-likeness (QED) is 0.193. The van der Waals surface area contributed by atoms with E-state index in [0.717, 1.165) is 17.1 Å². The number of fused-ring (bicyclic) bond motifs is 3. The highest BCUT2D eigenvalue weighted by Gasteiger charge is 2.46. The molecule has 0 saturated carbocycles. The predicted octanol–water partition coefficient (Wildman–Crippen LogP) is 11.2. The number of benzene rings is 7. The molecular formula is C43H31N. The Bertz CT molecular complexity index is 2250. The molecule has 0 N–H and O–H groups in total. The van der Waals surface area contributed by atoms with E-state index in [1.807, 2.05) is 42.5 Å². The Morgan fingerprint density at radius 1 is 0.409 bits per heavy atom. The molecule has 0 heterocycles. The van der Waals surface area contributed by atoms with E-state index < -0.39 is 11.5 Å². The molecule has 1 aliphatic carbocycles. The summed E-state index contributed by atoms with van der Waals surface area (Å²) in [7, 11) is 0. The summed E-state index contributed by atoms with van der Waals surface area (Å²) in [5.41, 5.74) is 10.3. The first-order valence-electron chi connectivity index (χ1n) is 17.3. The minimum atomic E-state index is -0.544. The van der Waals surface area contributed by atoms with Gasteiger partial charge < -0.3 is 4.90 Å². The van der Waals surface area contributed by atoms with E-state index in [1.54, 1.807) is 0 Å². The van der Waals surface area contributed by atoms with Gasteiger partial charge in [0, 0.05) is 17.1 Å². The fraction of sp³-hybridized carbons (Fsp3) is 0.0233. The molecule has 0 amide bonds. The summed E-state index contributed by atoms with van der Waals surface area (Å²) in [6.45, 7) is 0. The molecule has 1 heteroatoms. The minimum absolute atomic E-state index is 0.189. The standard InChI is InChI=1S/C43H31N/c1-5-15-32(16-6-1)33-25-27-37(28-26-33)44(36-21-11-4-12-22-36)38-29-30-40-39-23-13-14-24-41(39)43(42(40)31-38,34-17-7-2-8-18-34)35-19-9-3-10-20-35/h1-31H/i1D,5D,6D,15D,16D. The molecule has 8 rings (SSSR count). The topological polar surface area (TPSA) is 3.24 Å². The van der Waals surface area contributed by atoms with E-state index in [-0.39, 0.29) is 29.7 Å². The van der Waals surface area contributed by atoms with Crippen molar-refractivity contribution in [3.63, 3.8) is 0 Å². The summed E-state index contributed by atoms with van der Waals surface area (Å²) in [4.78, 5) is 2.20. The zero-order valence-electron chi connectivity index (χ0n) is 29.0. The minimum Gasteiger partial charge on any atom is -0.310 e. The zero-order valence-corrected chi connectivity index (χ0v) is 24.0. The van der Waals surface area contributed by atoms with Crippen molar-refractivity contribution in [2.24, 2.45) is 0 Å². The van der Waals surface area contributed by atoms with Gasteiger partial charge >= 0.3 is 0 Å². The van der Waals surface area contributed by atoms with Crippen molar-refractivity contribution < 1.29 is 6.85 Å². The van der Waals surface area contributed by atoms with Crippen molar-refractivity contribution in [3.8, 4) is 22.3 Å². The van der Waals surface area contributed by atoms with E-state index in [1.165, 1.54) is 33.4 Å². The second kappa shape index (κ2) is 10.9. The van der Waals surface area contributed by atoms with Crippen LogP contribution in [-0.2, 0) is 5.41 Å². The maximum Gasteiger partial charge on any atom is 0.0714 e. The van der Waals surface area contributed by atoms with Crippen molar-refractivity contribution in [1.82, 2.24) is 0 Å². The average molecular weight is 567 g/mol. The van der Waals surface area contributed by atoms with E-state index in [4.69, 9.17) is 6.85 Å². The Hall–Kier alpha value is -5.66. The van der Waals surface area contributed by atoms with Crippen LogP contribution in [0.3, 0.4) is 0 Å². The van der Waals surface area contributed by atoms with Crippen molar-refractivity contribution in [2.75, 3.05) is 4.90 Å². The summed E-state index contributed by atoms with van der Waals surface area (Å²) in [6.07, 6.45) is 0. The largest absolute Gasteiger partial charge is 0.310 e. The Balaban J connectivity index is 1.34. The highest BCUT2D eigenvalue weighted by atomic mass is 15.1. The van der Waals surface area contributed by atoms with Crippen molar-refractivity contribution in [3.05, 3.63) is 210 Å². The van der Waals surface area contributed by atoms with E-state index in [9.17, 15) is 0 Å². The number of anilines is 3. The van der Waals surface area contributed by atoms with Gasteiger partial charge in [0.1, 0.15) is 0 Å². The summed E-state index contributed by atoms with van der Waals surface area (Å²) in [6, 6.07) is 53.1. The molecule has 0 aromatic heterocycles. The van der Waals surface area contributed by atoms with Crippen LogP contribution in [0, 0.1) is 0 Å². The molecule has 1 nitrogen and oxygen atoms in total. The van der Waals surface area contributed by atoms with Gasteiger partial charge in [0.15, 0.2) is 0 Å². The molecule has 208 valence electrons. The smallest absolute Gasteiger partial charge is 0.0714 e. The third-order valence-corrected chi connectivity index (χ3v) is 8.63. The summed E-state index contributed by atoms with van der Waals surface area (Å²) in [5.74, 6) is 0. The second-order valence-corrected chi connectivity index (χ2v) is 11.0. The van der Waals surface area contributed by atoms with Gasteiger partial charge in [0.05, 0.1) is 12.3 Å². The summed E-state index contributed by atoms with van der Waals surface area (Å²) in [5, 5.41) is 0. The molecule has 0 saturated heterocycles. The van der Waals surface area contributed by atoms with Gasteiger partial charge in [-0.2, -0.15) is 0 Å². The average Bonchev–Trinajstić information content (AvgIpc) is 3.45. The lowest BCUT2D eigenvalue weighted by molar-refractivity contribution is 0.768. The normalized spacial score (nSPS) is 14.3. The molecule has 1 aliphatic rings. The number of hydrogen-bond donors (Lipinski definition) is 0. The van der Waals surface area contributed by atoms with Gasteiger partial charge in [-0.05, 0) is 80.9 Å². The van der Waals surface area contributed by atoms with Crippen molar-refractivity contribution in [2.45, 2.75) is 5.41 Å². The number of nitrogens with zero attached hydrogens (tertiary/aromatic N) is 1. The maximum atomic E-state index is 8.50. The van der Waals surface area contributed by atoms with Crippen LogP contribution in [0.5, 0.6) is 0 Å². The highest BCUT2D eigenvalue weighted by Crippen LogP contribution is 2.57. The van der Waals surface area contributed by atoms with Crippen LogP contribution in [0.2, 0.25) is 0 Å². The first-order chi connectivity index (χ1) is 23.9. The number of rotatable bonds is 6. The summed E-state index contributed by atoms with van der Waals surface area (Å²) < 4.78 is 41.4. The fourth-order valence-electron chi connectivity index (χ4n) is 6.77. The van der Waals surface area contributed by atoms with E-state index in [0.29, 0.717) is 5.56 Å². The second-order valence-electron chi connectivity index (χ2n) is 11.0. The molecule has 0 radical (unpaired) electrons. The third kappa shape index (κ3) is 4.17. The third-order valence-electron chi connectivity index (χ3n) is 8.63. The molecule has 0 atom stereocenters.